The first-order chi connectivity index (χ1) is 14.1. The maximum atomic E-state index is 12.5. The van der Waals surface area contributed by atoms with Crippen molar-refractivity contribution in [1.29, 1.82) is 0 Å². The molecule has 0 unspecified atom stereocenters. The SMILES string of the molecule is O=C(Nc1cccc(Cl)c1Oc1ccc(S(=O)(=O)O)cc1)c1cccc([N+](=O)[O-])c1. The van der Waals surface area contributed by atoms with Gasteiger partial charge in [0.2, 0.25) is 0 Å². The summed E-state index contributed by atoms with van der Waals surface area (Å²) in [7, 11) is -4.35. The molecule has 1 amide bonds. The molecule has 0 aromatic heterocycles. The fraction of sp³-hybridized carbons (Fsp3) is 0. The van der Waals surface area contributed by atoms with E-state index in [2.05, 4.69) is 5.32 Å². The minimum Gasteiger partial charge on any atom is -0.454 e. The maximum absolute atomic E-state index is 12.5. The molecule has 0 fully saturated rings. The van der Waals surface area contributed by atoms with Gasteiger partial charge in [0.25, 0.3) is 21.7 Å². The molecule has 11 heteroatoms. The Morgan fingerprint density at radius 3 is 2.37 bits per heavy atom. The van der Waals surface area contributed by atoms with Crippen LogP contribution >= 0.6 is 11.6 Å². The van der Waals surface area contributed by atoms with Crippen LogP contribution in [0, 0.1) is 10.1 Å². The van der Waals surface area contributed by atoms with Crippen molar-refractivity contribution in [2.45, 2.75) is 4.90 Å². The summed E-state index contributed by atoms with van der Waals surface area (Å²) in [6.07, 6.45) is 0. The number of hydrogen-bond acceptors (Lipinski definition) is 6. The number of benzene rings is 3. The van der Waals surface area contributed by atoms with E-state index in [1.165, 1.54) is 42.5 Å². The Kier molecular flexibility index (Phi) is 6.01. The number of halogens is 1. The highest BCUT2D eigenvalue weighted by molar-refractivity contribution is 7.85. The molecule has 0 saturated carbocycles. The first kappa shape index (κ1) is 21.2. The van der Waals surface area contributed by atoms with E-state index in [1.54, 1.807) is 6.07 Å². The molecule has 0 heterocycles. The van der Waals surface area contributed by atoms with E-state index in [4.69, 9.17) is 20.9 Å². The summed E-state index contributed by atoms with van der Waals surface area (Å²) < 4.78 is 37.0. The van der Waals surface area contributed by atoms with E-state index >= 15 is 0 Å². The highest BCUT2D eigenvalue weighted by Gasteiger charge is 2.16. The topological polar surface area (TPSA) is 136 Å². The van der Waals surface area contributed by atoms with Crippen molar-refractivity contribution < 1.29 is 27.4 Å². The number of carbonyl (C=O) groups is 1. The van der Waals surface area contributed by atoms with Crippen molar-refractivity contribution in [3.8, 4) is 11.5 Å². The number of nitro groups is 1. The van der Waals surface area contributed by atoms with Gasteiger partial charge >= 0.3 is 0 Å². The monoisotopic (exact) mass is 448 g/mol. The highest BCUT2D eigenvalue weighted by atomic mass is 35.5. The zero-order valence-electron chi connectivity index (χ0n) is 15.0. The van der Waals surface area contributed by atoms with Gasteiger partial charge in [-0.1, -0.05) is 23.7 Å². The Bertz CT molecular complexity index is 1230. The lowest BCUT2D eigenvalue weighted by atomic mass is 10.2. The van der Waals surface area contributed by atoms with Gasteiger partial charge in [0.1, 0.15) is 5.75 Å². The minimum atomic E-state index is -4.35. The molecular formula is C19H13ClN2O7S. The predicted molar refractivity (Wildman–Crippen MR) is 109 cm³/mol. The van der Waals surface area contributed by atoms with Gasteiger partial charge in [-0.05, 0) is 42.5 Å². The zero-order chi connectivity index (χ0) is 21.9. The lowest BCUT2D eigenvalue weighted by molar-refractivity contribution is -0.384. The second-order valence-corrected chi connectivity index (χ2v) is 7.76. The minimum absolute atomic E-state index is 0.0626. The fourth-order valence-electron chi connectivity index (χ4n) is 2.46. The van der Waals surface area contributed by atoms with Crippen molar-refractivity contribution >= 4 is 39.0 Å². The summed E-state index contributed by atoms with van der Waals surface area (Å²) in [5, 5.41) is 13.6. The third kappa shape index (κ3) is 4.92. The summed E-state index contributed by atoms with van der Waals surface area (Å²) in [5.74, 6) is -0.341. The molecule has 0 radical (unpaired) electrons. The largest absolute Gasteiger partial charge is 0.454 e. The average molecular weight is 449 g/mol. The van der Waals surface area contributed by atoms with Crippen LogP contribution in [-0.2, 0) is 10.1 Å². The maximum Gasteiger partial charge on any atom is 0.294 e. The van der Waals surface area contributed by atoms with Gasteiger partial charge in [-0.2, -0.15) is 8.42 Å². The summed E-state index contributed by atoms with van der Waals surface area (Å²) in [6, 6.07) is 14.7. The van der Waals surface area contributed by atoms with Gasteiger partial charge in [-0.25, -0.2) is 0 Å². The van der Waals surface area contributed by atoms with E-state index in [0.717, 1.165) is 18.2 Å². The molecule has 154 valence electrons. The molecule has 0 aliphatic carbocycles. The van der Waals surface area contributed by atoms with Crippen LogP contribution in [0.5, 0.6) is 11.5 Å². The molecule has 0 saturated heterocycles. The summed E-state index contributed by atoms with van der Waals surface area (Å²) in [4.78, 5) is 22.5. The number of nitrogens with one attached hydrogen (secondary N) is 1. The lowest BCUT2D eigenvalue weighted by Gasteiger charge is -2.14. The molecule has 2 N–H and O–H groups in total. The van der Waals surface area contributed by atoms with Gasteiger partial charge in [-0.3, -0.25) is 19.5 Å². The molecule has 0 spiro atoms. The first-order valence-corrected chi connectivity index (χ1v) is 10.1. The second-order valence-electron chi connectivity index (χ2n) is 5.93. The van der Waals surface area contributed by atoms with Gasteiger partial charge in [-0.15, -0.1) is 0 Å². The van der Waals surface area contributed by atoms with Crippen LogP contribution in [0.3, 0.4) is 0 Å². The van der Waals surface area contributed by atoms with E-state index in [-0.39, 0.29) is 38.4 Å². The molecule has 3 aromatic carbocycles. The average Bonchev–Trinajstić information content (AvgIpc) is 2.70. The van der Waals surface area contributed by atoms with E-state index in [1.807, 2.05) is 0 Å². The van der Waals surface area contributed by atoms with Gasteiger partial charge in [0.05, 0.1) is 20.5 Å². The van der Waals surface area contributed by atoms with Crippen LogP contribution in [0.2, 0.25) is 5.02 Å². The van der Waals surface area contributed by atoms with Crippen LogP contribution in [0.1, 0.15) is 10.4 Å². The van der Waals surface area contributed by atoms with Crippen LogP contribution < -0.4 is 10.1 Å². The lowest BCUT2D eigenvalue weighted by Crippen LogP contribution is -2.13. The molecule has 9 nitrogen and oxygen atoms in total. The fourth-order valence-corrected chi connectivity index (χ4v) is 3.16. The van der Waals surface area contributed by atoms with Crippen LogP contribution in [-0.4, -0.2) is 23.8 Å². The standard InChI is InChI=1S/C19H13ClN2O7S/c20-16-5-2-6-17(21-19(23)12-3-1-4-13(11-12)22(24)25)18(16)29-14-7-9-15(10-8-14)30(26,27)28/h1-11H,(H,21,23)(H,26,27,28). The van der Waals surface area contributed by atoms with Crippen molar-refractivity contribution in [2.75, 3.05) is 5.32 Å². The van der Waals surface area contributed by atoms with Gasteiger partial charge in [0.15, 0.2) is 5.75 Å². The van der Waals surface area contributed by atoms with Crippen molar-refractivity contribution in [1.82, 2.24) is 0 Å². The smallest absolute Gasteiger partial charge is 0.294 e. The normalized spacial score (nSPS) is 11.0. The number of ether oxygens (including phenoxy) is 1. The third-order valence-electron chi connectivity index (χ3n) is 3.88. The molecule has 0 atom stereocenters. The van der Waals surface area contributed by atoms with E-state index in [0.29, 0.717) is 0 Å². The Morgan fingerprint density at radius 2 is 1.73 bits per heavy atom. The summed E-state index contributed by atoms with van der Waals surface area (Å²) in [6.45, 7) is 0. The number of rotatable bonds is 6. The van der Waals surface area contributed by atoms with Crippen molar-refractivity contribution in [3.63, 3.8) is 0 Å². The van der Waals surface area contributed by atoms with Crippen LogP contribution in [0.25, 0.3) is 0 Å². The molecule has 0 bridgehead atoms. The predicted octanol–water partition coefficient (Wildman–Crippen LogP) is 4.54. The number of anilines is 1. The highest BCUT2D eigenvalue weighted by Crippen LogP contribution is 2.37. The van der Waals surface area contributed by atoms with Crippen LogP contribution in [0.4, 0.5) is 11.4 Å². The van der Waals surface area contributed by atoms with Crippen molar-refractivity contribution in [2.24, 2.45) is 0 Å². The summed E-state index contributed by atoms with van der Waals surface area (Å²) >= 11 is 6.18. The number of carbonyl (C=O) groups excluding carboxylic acids is 1. The third-order valence-corrected chi connectivity index (χ3v) is 5.04. The number of amides is 1. The number of nitro benzene ring substituents is 1. The second kappa shape index (κ2) is 8.49. The number of non-ortho nitro benzene ring substituents is 1. The Morgan fingerprint density at radius 1 is 1.07 bits per heavy atom. The molecule has 0 aliphatic heterocycles. The van der Waals surface area contributed by atoms with Gasteiger partial charge < -0.3 is 10.1 Å². The van der Waals surface area contributed by atoms with E-state index in [9.17, 15) is 23.3 Å². The Balaban J connectivity index is 1.87. The summed E-state index contributed by atoms with van der Waals surface area (Å²) in [5.41, 5.74) is 0.0228. The first-order valence-electron chi connectivity index (χ1n) is 8.25. The quantitative estimate of drug-likeness (QED) is 0.321. The number of nitrogens with zero attached hydrogens (tertiary/aromatic N) is 1. The van der Waals surface area contributed by atoms with E-state index < -0.39 is 20.9 Å². The van der Waals surface area contributed by atoms with Crippen LogP contribution in [0.15, 0.2) is 71.6 Å². The van der Waals surface area contributed by atoms with Crippen molar-refractivity contribution in [3.05, 3.63) is 87.4 Å². The zero-order valence-corrected chi connectivity index (χ0v) is 16.6. The molecular weight excluding hydrogens is 436 g/mol. The number of hydrogen-bond donors (Lipinski definition) is 2. The Labute approximate surface area is 175 Å². The molecule has 30 heavy (non-hydrogen) atoms. The van der Waals surface area contributed by atoms with Gasteiger partial charge in [0, 0.05) is 17.7 Å². The number of para-hydroxylation sites is 1. The molecule has 0 aliphatic rings. The Hall–Kier alpha value is -3.47. The molecule has 3 rings (SSSR count). The molecule has 3 aromatic rings.